The highest BCUT2D eigenvalue weighted by atomic mass is 32.1. The normalized spacial score (nSPS) is 35.9. The van der Waals surface area contributed by atoms with Crippen LogP contribution in [0.5, 0.6) is 5.75 Å². The van der Waals surface area contributed by atoms with Gasteiger partial charge in [0.15, 0.2) is 5.11 Å². The molecule has 3 aliphatic rings. The minimum atomic E-state index is 0.174. The van der Waals surface area contributed by atoms with Crippen molar-refractivity contribution in [2.45, 2.75) is 51.4 Å². The lowest BCUT2D eigenvalue weighted by molar-refractivity contribution is 0.0954. The van der Waals surface area contributed by atoms with E-state index in [0.29, 0.717) is 17.6 Å². The third kappa shape index (κ3) is 2.41. The number of thiocarbonyl (C=S) groups is 1. The Morgan fingerprint density at radius 3 is 2.96 bits per heavy atom. The van der Waals surface area contributed by atoms with Gasteiger partial charge in [-0.1, -0.05) is 13.0 Å². The van der Waals surface area contributed by atoms with Crippen molar-refractivity contribution in [3.8, 4) is 5.75 Å². The summed E-state index contributed by atoms with van der Waals surface area (Å²) in [6.07, 6.45) is 6.91. The van der Waals surface area contributed by atoms with Gasteiger partial charge in [0.2, 0.25) is 0 Å². The second-order valence-corrected chi connectivity index (χ2v) is 8.27. The minimum absolute atomic E-state index is 0.174. The molecule has 2 fully saturated rings. The van der Waals surface area contributed by atoms with Crippen molar-refractivity contribution in [1.82, 2.24) is 5.43 Å². The zero-order chi connectivity index (χ0) is 16.9. The van der Waals surface area contributed by atoms with Gasteiger partial charge in [0, 0.05) is 11.1 Å². The molecule has 4 rings (SSSR count). The molecule has 24 heavy (non-hydrogen) atoms. The van der Waals surface area contributed by atoms with Crippen LogP contribution in [0.4, 0.5) is 0 Å². The summed E-state index contributed by atoms with van der Waals surface area (Å²) in [5.41, 5.74) is 12.6. The molecule has 4 unspecified atom stereocenters. The molecule has 0 aromatic heterocycles. The van der Waals surface area contributed by atoms with Crippen LogP contribution in [0.1, 0.15) is 56.1 Å². The Labute approximate surface area is 148 Å². The fourth-order valence-corrected chi connectivity index (χ4v) is 5.71. The van der Waals surface area contributed by atoms with E-state index in [-0.39, 0.29) is 10.5 Å². The van der Waals surface area contributed by atoms with Crippen LogP contribution in [-0.2, 0) is 6.42 Å². The average molecular weight is 343 g/mol. The van der Waals surface area contributed by atoms with Crippen LogP contribution in [0.2, 0.25) is 0 Å². The number of fused-ring (bicyclic) bond motifs is 5. The lowest BCUT2D eigenvalue weighted by Crippen LogP contribution is -2.43. The first-order valence-corrected chi connectivity index (χ1v) is 9.34. The number of nitrogens with one attached hydrogen (secondary N) is 1. The zero-order valence-corrected chi connectivity index (χ0v) is 14.9. The number of hydrogen-bond acceptors (Lipinski definition) is 3. The van der Waals surface area contributed by atoms with Crippen LogP contribution < -0.4 is 11.2 Å². The molecule has 2 saturated carbocycles. The summed E-state index contributed by atoms with van der Waals surface area (Å²) in [7, 11) is 0. The first-order chi connectivity index (χ1) is 11.5. The third-order valence-corrected chi connectivity index (χ3v) is 6.84. The molecule has 128 valence electrons. The molecular weight excluding hydrogens is 318 g/mol. The molecule has 0 bridgehead atoms. The van der Waals surface area contributed by atoms with E-state index in [1.807, 2.05) is 12.1 Å². The highest BCUT2D eigenvalue weighted by molar-refractivity contribution is 7.80. The molecule has 0 amide bonds. The van der Waals surface area contributed by atoms with Gasteiger partial charge < -0.3 is 10.8 Å². The van der Waals surface area contributed by atoms with Crippen LogP contribution in [0, 0.1) is 17.3 Å². The monoisotopic (exact) mass is 343 g/mol. The van der Waals surface area contributed by atoms with Gasteiger partial charge in [-0.2, -0.15) is 5.10 Å². The molecule has 0 radical (unpaired) electrons. The topological polar surface area (TPSA) is 70.6 Å². The first-order valence-electron chi connectivity index (χ1n) is 8.93. The number of aromatic hydroxyl groups is 1. The molecular formula is C19H25N3OS. The number of nitrogens with zero attached hydrogens (tertiary/aromatic N) is 1. The lowest BCUT2D eigenvalue weighted by atomic mass is 9.55. The molecule has 4 N–H and O–H groups in total. The van der Waals surface area contributed by atoms with Gasteiger partial charge in [-0.15, -0.1) is 0 Å². The number of nitrogens with two attached hydrogens (primary N) is 1. The maximum absolute atomic E-state index is 9.77. The van der Waals surface area contributed by atoms with E-state index in [2.05, 4.69) is 23.5 Å². The summed E-state index contributed by atoms with van der Waals surface area (Å²) in [5.74, 6) is 2.44. The van der Waals surface area contributed by atoms with Crippen LogP contribution >= 0.6 is 12.2 Å². The fraction of sp³-hybridized carbons (Fsp3) is 0.579. The van der Waals surface area contributed by atoms with Gasteiger partial charge in [-0.05, 0) is 91.8 Å². The third-order valence-electron chi connectivity index (χ3n) is 6.75. The summed E-state index contributed by atoms with van der Waals surface area (Å²) in [4.78, 5) is 0. The molecule has 1 aromatic carbocycles. The largest absolute Gasteiger partial charge is 0.508 e. The van der Waals surface area contributed by atoms with Gasteiger partial charge in [-0.25, -0.2) is 0 Å². The van der Waals surface area contributed by atoms with Crippen LogP contribution in [0.3, 0.4) is 0 Å². The second kappa shape index (κ2) is 5.73. The predicted octanol–water partition coefficient (Wildman–Crippen LogP) is 3.44. The van der Waals surface area contributed by atoms with Gasteiger partial charge in [0.1, 0.15) is 5.75 Å². The molecule has 5 heteroatoms. The number of benzene rings is 1. The van der Waals surface area contributed by atoms with E-state index in [9.17, 15) is 5.11 Å². The highest BCUT2D eigenvalue weighted by Gasteiger charge is 2.53. The summed E-state index contributed by atoms with van der Waals surface area (Å²) in [6, 6.07) is 5.97. The summed E-state index contributed by atoms with van der Waals surface area (Å²) in [5, 5.41) is 14.6. The lowest BCUT2D eigenvalue weighted by Gasteiger charge is -2.49. The Kier molecular flexibility index (Phi) is 3.79. The van der Waals surface area contributed by atoms with Crippen molar-refractivity contribution < 1.29 is 5.11 Å². The van der Waals surface area contributed by atoms with Crippen LogP contribution in [0.25, 0.3) is 0 Å². The van der Waals surface area contributed by atoms with Crippen molar-refractivity contribution >= 4 is 23.0 Å². The number of phenols is 1. The van der Waals surface area contributed by atoms with E-state index < -0.39 is 0 Å². The zero-order valence-electron chi connectivity index (χ0n) is 14.1. The quantitative estimate of drug-likeness (QED) is 0.540. The van der Waals surface area contributed by atoms with E-state index in [0.717, 1.165) is 25.2 Å². The molecule has 0 heterocycles. The van der Waals surface area contributed by atoms with Gasteiger partial charge >= 0.3 is 0 Å². The SMILES string of the molecule is CC12CCC3c4ccc(O)cc4CCC3C1CC/C2=N\NC(N)=S. The van der Waals surface area contributed by atoms with Crippen molar-refractivity contribution in [3.63, 3.8) is 0 Å². The first kappa shape index (κ1) is 15.9. The van der Waals surface area contributed by atoms with Crippen molar-refractivity contribution in [2.75, 3.05) is 0 Å². The minimum Gasteiger partial charge on any atom is -0.508 e. The maximum atomic E-state index is 9.77. The Bertz CT molecular complexity index is 717. The summed E-state index contributed by atoms with van der Waals surface area (Å²) >= 11 is 4.90. The van der Waals surface area contributed by atoms with Gasteiger partial charge in [0.25, 0.3) is 0 Å². The van der Waals surface area contributed by atoms with E-state index >= 15 is 0 Å². The number of phenolic OH excluding ortho intramolecular Hbond substituents is 1. The van der Waals surface area contributed by atoms with Crippen LogP contribution in [-0.4, -0.2) is 15.9 Å². The van der Waals surface area contributed by atoms with Crippen LogP contribution in [0.15, 0.2) is 23.3 Å². The molecule has 0 saturated heterocycles. The predicted molar refractivity (Wildman–Crippen MR) is 100 cm³/mol. The molecule has 0 spiro atoms. The van der Waals surface area contributed by atoms with E-state index in [1.54, 1.807) is 0 Å². The molecule has 1 aromatic rings. The molecule has 4 nitrogen and oxygen atoms in total. The summed E-state index contributed by atoms with van der Waals surface area (Å²) in [6.45, 7) is 2.38. The number of aryl methyl sites for hydroxylation is 1. The number of hydrazone groups is 1. The summed E-state index contributed by atoms with van der Waals surface area (Å²) < 4.78 is 0. The van der Waals surface area contributed by atoms with Gasteiger partial charge in [-0.3, -0.25) is 5.43 Å². The Morgan fingerprint density at radius 1 is 1.33 bits per heavy atom. The number of hydrogen-bond donors (Lipinski definition) is 3. The van der Waals surface area contributed by atoms with Gasteiger partial charge in [0.05, 0.1) is 0 Å². The Morgan fingerprint density at radius 2 is 2.17 bits per heavy atom. The molecule has 0 aliphatic heterocycles. The smallest absolute Gasteiger partial charge is 0.184 e. The van der Waals surface area contributed by atoms with E-state index in [4.69, 9.17) is 18.0 Å². The second-order valence-electron chi connectivity index (χ2n) is 7.83. The van der Waals surface area contributed by atoms with Crippen molar-refractivity contribution in [2.24, 2.45) is 28.1 Å². The van der Waals surface area contributed by atoms with Crippen molar-refractivity contribution in [1.29, 1.82) is 0 Å². The molecule has 3 aliphatic carbocycles. The van der Waals surface area contributed by atoms with E-state index in [1.165, 1.54) is 36.1 Å². The fourth-order valence-electron chi connectivity index (χ4n) is 5.66. The Hall–Kier alpha value is -1.62. The average Bonchev–Trinajstić information content (AvgIpc) is 2.89. The van der Waals surface area contributed by atoms with Crippen molar-refractivity contribution in [3.05, 3.63) is 29.3 Å². The standard InChI is InChI=1S/C19H25N3OS/c1-19-9-8-14-13-5-3-12(23)10-11(13)2-4-15(14)16(19)6-7-17(19)21-22-18(20)24/h3,5,10,14-16,23H,2,4,6-9H2,1H3,(H3,20,22,24)/b21-17+. The maximum Gasteiger partial charge on any atom is 0.184 e. The molecule has 4 atom stereocenters. The number of rotatable bonds is 1. The highest BCUT2D eigenvalue weighted by Crippen LogP contribution is 2.59. The Balaban J connectivity index is 1.63.